The van der Waals surface area contributed by atoms with E-state index in [0.717, 1.165) is 65.2 Å². The van der Waals surface area contributed by atoms with Gasteiger partial charge in [-0.1, -0.05) is 24.3 Å². The molecule has 1 aromatic carbocycles. The minimum atomic E-state index is 0.0300. The summed E-state index contributed by atoms with van der Waals surface area (Å²) in [5, 5.41) is 1.07. The van der Waals surface area contributed by atoms with E-state index in [9.17, 15) is 9.59 Å². The predicted octanol–water partition coefficient (Wildman–Crippen LogP) is 3.77. The van der Waals surface area contributed by atoms with E-state index in [-0.39, 0.29) is 17.7 Å². The van der Waals surface area contributed by atoms with Crippen molar-refractivity contribution in [3.05, 3.63) is 58.6 Å². The summed E-state index contributed by atoms with van der Waals surface area (Å²) < 4.78 is 0. The number of fused-ring (bicyclic) bond motifs is 2. The number of amides is 2. The van der Waals surface area contributed by atoms with Gasteiger partial charge in [-0.05, 0) is 49.1 Å². The molecule has 0 saturated carbocycles. The second kappa shape index (κ2) is 8.64. The number of carbonyl (C=O) groups excluding carboxylic acids is 2. The summed E-state index contributed by atoms with van der Waals surface area (Å²) in [6, 6.07) is 12.2. The summed E-state index contributed by atoms with van der Waals surface area (Å²) in [4.78, 5) is 38.1. The smallest absolute Gasteiger partial charge is 0.263 e. The fraction of sp³-hybridized carbons (Fsp3) is 0.400. The Kier molecular flexibility index (Phi) is 5.69. The normalized spacial score (nSPS) is 18.7. The third-order valence-electron chi connectivity index (χ3n) is 6.56. The SMILES string of the molecule is CN(C)C(=O)c1sc2ncccc2c1[C@H]1CCN(CC(=O)N2CCCc3ccccc32)C1. The quantitative estimate of drug-likeness (QED) is 0.610. The molecule has 0 unspecified atom stereocenters. The highest BCUT2D eigenvalue weighted by atomic mass is 32.1. The van der Waals surface area contributed by atoms with Crippen LogP contribution in [0.5, 0.6) is 0 Å². The lowest BCUT2D eigenvalue weighted by molar-refractivity contribution is -0.119. The summed E-state index contributed by atoms with van der Waals surface area (Å²) in [6.45, 7) is 2.85. The fourth-order valence-corrected chi connectivity index (χ4v) is 6.25. The average Bonchev–Trinajstić information content (AvgIpc) is 3.42. The van der Waals surface area contributed by atoms with Crippen LogP contribution >= 0.6 is 11.3 Å². The molecule has 32 heavy (non-hydrogen) atoms. The van der Waals surface area contributed by atoms with Crippen molar-refractivity contribution in [2.45, 2.75) is 25.2 Å². The molecule has 4 heterocycles. The van der Waals surface area contributed by atoms with Crippen molar-refractivity contribution in [3.8, 4) is 0 Å². The van der Waals surface area contributed by atoms with Crippen LogP contribution < -0.4 is 4.90 Å². The predicted molar refractivity (Wildman–Crippen MR) is 129 cm³/mol. The van der Waals surface area contributed by atoms with E-state index in [1.54, 1.807) is 25.2 Å². The number of carbonyl (C=O) groups is 2. The van der Waals surface area contributed by atoms with E-state index in [4.69, 9.17) is 0 Å². The first-order valence-corrected chi connectivity index (χ1v) is 12.0. The lowest BCUT2D eigenvalue weighted by atomic mass is 9.95. The number of aryl methyl sites for hydroxylation is 1. The summed E-state index contributed by atoms with van der Waals surface area (Å²) in [7, 11) is 3.58. The number of likely N-dealkylation sites (tertiary alicyclic amines) is 1. The van der Waals surface area contributed by atoms with Gasteiger partial charge in [-0.25, -0.2) is 4.98 Å². The molecule has 5 rings (SSSR count). The minimum absolute atomic E-state index is 0.0300. The van der Waals surface area contributed by atoms with Gasteiger partial charge in [0.25, 0.3) is 5.91 Å². The summed E-state index contributed by atoms with van der Waals surface area (Å²) in [6.07, 6.45) is 4.77. The van der Waals surface area contributed by atoms with Crippen molar-refractivity contribution >= 4 is 39.1 Å². The van der Waals surface area contributed by atoms with Crippen LogP contribution in [0, 0.1) is 0 Å². The second-order valence-corrected chi connectivity index (χ2v) is 9.90. The van der Waals surface area contributed by atoms with Crippen LogP contribution in [-0.4, -0.2) is 66.9 Å². The van der Waals surface area contributed by atoms with Gasteiger partial charge in [0.2, 0.25) is 5.91 Å². The standard InChI is InChI=1S/C25H28N4O2S/c1-27(2)25(31)23-22(19-9-5-12-26-24(19)32-23)18-11-14-28(15-18)16-21(30)29-13-6-8-17-7-3-4-10-20(17)29/h3-5,7,9-10,12,18H,6,8,11,13-16H2,1-2H3/t18-/m0/s1. The molecule has 2 aliphatic rings. The molecule has 7 heteroatoms. The van der Waals surface area contributed by atoms with Crippen molar-refractivity contribution in [2.24, 2.45) is 0 Å². The molecule has 2 aliphatic heterocycles. The number of thiophene rings is 1. The Hall–Kier alpha value is -2.77. The Labute approximate surface area is 192 Å². The molecule has 6 nitrogen and oxygen atoms in total. The fourth-order valence-electron chi connectivity index (χ4n) is 5.00. The highest BCUT2D eigenvalue weighted by molar-refractivity contribution is 7.20. The van der Waals surface area contributed by atoms with Crippen molar-refractivity contribution in [3.63, 3.8) is 0 Å². The van der Waals surface area contributed by atoms with E-state index in [2.05, 4.69) is 28.1 Å². The highest BCUT2D eigenvalue weighted by Crippen LogP contribution is 2.40. The zero-order valence-corrected chi connectivity index (χ0v) is 19.4. The van der Waals surface area contributed by atoms with Crippen molar-refractivity contribution < 1.29 is 9.59 Å². The molecule has 1 atom stereocenters. The van der Waals surface area contributed by atoms with Gasteiger partial charge in [0.1, 0.15) is 4.83 Å². The number of rotatable bonds is 4. The molecule has 0 bridgehead atoms. The number of anilines is 1. The van der Waals surface area contributed by atoms with Crippen LogP contribution in [0.1, 0.15) is 39.6 Å². The monoisotopic (exact) mass is 448 g/mol. The van der Waals surface area contributed by atoms with Crippen LogP contribution in [-0.2, 0) is 11.2 Å². The summed E-state index contributed by atoms with van der Waals surface area (Å²) in [5.74, 6) is 0.426. The maximum atomic E-state index is 13.2. The third kappa shape index (κ3) is 3.80. The first-order chi connectivity index (χ1) is 15.5. The summed E-state index contributed by atoms with van der Waals surface area (Å²) >= 11 is 1.48. The van der Waals surface area contributed by atoms with Gasteiger partial charge in [-0.3, -0.25) is 14.5 Å². The Balaban J connectivity index is 1.36. The number of nitrogens with zero attached hydrogens (tertiary/aromatic N) is 4. The van der Waals surface area contributed by atoms with Crippen LogP contribution in [0.4, 0.5) is 5.69 Å². The van der Waals surface area contributed by atoms with Crippen LogP contribution in [0.25, 0.3) is 10.2 Å². The zero-order valence-electron chi connectivity index (χ0n) is 18.6. The maximum Gasteiger partial charge on any atom is 0.263 e. The summed E-state index contributed by atoms with van der Waals surface area (Å²) in [5.41, 5.74) is 3.43. The molecule has 166 valence electrons. The number of hydrogen-bond donors (Lipinski definition) is 0. The Morgan fingerprint density at radius 2 is 2.00 bits per heavy atom. The molecular weight excluding hydrogens is 420 g/mol. The average molecular weight is 449 g/mol. The Morgan fingerprint density at radius 1 is 1.16 bits per heavy atom. The van der Waals surface area contributed by atoms with E-state index in [1.165, 1.54) is 16.9 Å². The largest absolute Gasteiger partial charge is 0.344 e. The number of benzene rings is 1. The number of para-hydroxylation sites is 1. The van der Waals surface area contributed by atoms with Gasteiger partial charge < -0.3 is 9.80 Å². The maximum absolute atomic E-state index is 13.2. The highest BCUT2D eigenvalue weighted by Gasteiger charge is 2.33. The number of hydrogen-bond acceptors (Lipinski definition) is 5. The molecule has 1 saturated heterocycles. The molecule has 0 radical (unpaired) electrons. The lowest BCUT2D eigenvalue weighted by Crippen LogP contribution is -2.42. The molecule has 0 spiro atoms. The molecule has 1 fully saturated rings. The molecule has 2 aromatic heterocycles. The Bertz CT molecular complexity index is 1170. The van der Waals surface area contributed by atoms with Gasteiger partial charge in [0, 0.05) is 50.4 Å². The van der Waals surface area contributed by atoms with Gasteiger partial charge in [-0.2, -0.15) is 0 Å². The van der Waals surface area contributed by atoms with Gasteiger partial charge in [-0.15, -0.1) is 11.3 Å². The topological polar surface area (TPSA) is 56.8 Å². The van der Waals surface area contributed by atoms with Crippen molar-refractivity contribution in [1.29, 1.82) is 0 Å². The van der Waals surface area contributed by atoms with Crippen molar-refractivity contribution in [2.75, 3.05) is 45.2 Å². The van der Waals surface area contributed by atoms with Crippen LogP contribution in [0.3, 0.4) is 0 Å². The Morgan fingerprint density at radius 3 is 2.84 bits per heavy atom. The molecule has 0 N–H and O–H groups in total. The van der Waals surface area contributed by atoms with Gasteiger partial charge in [0.15, 0.2) is 0 Å². The first-order valence-electron chi connectivity index (χ1n) is 11.2. The van der Waals surface area contributed by atoms with Gasteiger partial charge >= 0.3 is 0 Å². The number of pyridine rings is 1. The molecule has 0 aliphatic carbocycles. The van der Waals surface area contributed by atoms with Crippen LogP contribution in [0.2, 0.25) is 0 Å². The zero-order chi connectivity index (χ0) is 22.2. The number of aromatic nitrogens is 1. The lowest BCUT2D eigenvalue weighted by Gasteiger charge is -2.31. The van der Waals surface area contributed by atoms with Crippen molar-refractivity contribution in [1.82, 2.24) is 14.8 Å². The van der Waals surface area contributed by atoms with E-state index in [0.29, 0.717) is 6.54 Å². The van der Waals surface area contributed by atoms with E-state index < -0.39 is 0 Å². The molecular formula is C25H28N4O2S. The van der Waals surface area contributed by atoms with Crippen LogP contribution in [0.15, 0.2) is 42.6 Å². The first kappa shape index (κ1) is 21.1. The molecule has 3 aromatic rings. The van der Waals surface area contributed by atoms with E-state index in [1.807, 2.05) is 23.1 Å². The minimum Gasteiger partial charge on any atom is -0.344 e. The van der Waals surface area contributed by atoms with Gasteiger partial charge in [0.05, 0.1) is 11.4 Å². The third-order valence-corrected chi connectivity index (χ3v) is 7.67. The second-order valence-electron chi connectivity index (χ2n) is 8.90. The molecule has 2 amide bonds. The van der Waals surface area contributed by atoms with E-state index >= 15 is 0 Å².